The highest BCUT2D eigenvalue weighted by Crippen LogP contribution is 2.35. The zero-order chi connectivity index (χ0) is 20.9. The molecular weight excluding hydrogens is 368 g/mol. The molecule has 1 aromatic carbocycles. The number of carbonyl (C=O) groups excluding carboxylic acids is 2. The van der Waals surface area contributed by atoms with Crippen molar-refractivity contribution in [3.05, 3.63) is 42.1 Å². The monoisotopic (exact) mass is 396 g/mol. The Morgan fingerprint density at radius 2 is 1.89 bits per heavy atom. The lowest BCUT2D eigenvalue weighted by Crippen LogP contribution is -2.41. The van der Waals surface area contributed by atoms with Crippen molar-refractivity contribution in [2.75, 3.05) is 7.11 Å². The van der Waals surface area contributed by atoms with Crippen LogP contribution in [-0.4, -0.2) is 38.1 Å². The van der Waals surface area contributed by atoms with E-state index in [1.807, 2.05) is 18.2 Å². The van der Waals surface area contributed by atoms with E-state index in [4.69, 9.17) is 4.74 Å². The highest BCUT2D eigenvalue weighted by molar-refractivity contribution is 6.87. The molecule has 2 rings (SSSR count). The van der Waals surface area contributed by atoms with Crippen molar-refractivity contribution < 1.29 is 14.3 Å². The zero-order valence-electron chi connectivity index (χ0n) is 17.4. The zero-order valence-corrected chi connectivity index (χ0v) is 18.4. The van der Waals surface area contributed by atoms with Crippen LogP contribution in [-0.2, 0) is 9.53 Å². The maximum atomic E-state index is 12.8. The summed E-state index contributed by atoms with van der Waals surface area (Å²) in [6.45, 7) is 10.9. The van der Waals surface area contributed by atoms with Gasteiger partial charge < -0.3 is 10.1 Å². The normalized spacial score (nSPS) is 12.6. The Hall–Kier alpha value is -2.65. The van der Waals surface area contributed by atoms with E-state index < -0.39 is 20.1 Å². The fourth-order valence-corrected chi connectivity index (χ4v) is 3.34. The van der Waals surface area contributed by atoms with Gasteiger partial charge in [-0.15, -0.1) is 11.5 Å². The molecule has 0 aliphatic carbocycles. The average molecular weight is 397 g/mol. The molecule has 148 valence electrons. The van der Waals surface area contributed by atoms with Crippen molar-refractivity contribution in [3.63, 3.8) is 0 Å². The highest BCUT2D eigenvalue weighted by atomic mass is 28.3. The Labute approximate surface area is 167 Å². The van der Waals surface area contributed by atoms with E-state index >= 15 is 0 Å². The molecule has 0 fully saturated rings. The summed E-state index contributed by atoms with van der Waals surface area (Å²) in [6, 6.07) is 8.26. The van der Waals surface area contributed by atoms with E-state index in [-0.39, 0.29) is 17.4 Å². The molecule has 1 atom stereocenters. The fraction of sp³-hybridized carbons (Fsp3) is 0.409. The Morgan fingerprint density at radius 3 is 2.54 bits per heavy atom. The average Bonchev–Trinajstić information content (AvgIpc) is 2.65. The summed E-state index contributed by atoms with van der Waals surface area (Å²) < 4.78 is 4.86. The lowest BCUT2D eigenvalue weighted by molar-refractivity contribution is -0.142. The second kappa shape index (κ2) is 8.57. The van der Waals surface area contributed by atoms with Crippen LogP contribution in [0.2, 0.25) is 18.1 Å². The second-order valence-electron chi connectivity index (χ2n) is 8.31. The van der Waals surface area contributed by atoms with Gasteiger partial charge in [0.1, 0.15) is 14.1 Å². The minimum atomic E-state index is -1.79. The predicted molar refractivity (Wildman–Crippen MR) is 115 cm³/mol. The number of nitrogens with zero attached hydrogens (tertiary/aromatic N) is 1. The van der Waals surface area contributed by atoms with Crippen LogP contribution < -0.4 is 5.32 Å². The van der Waals surface area contributed by atoms with Crippen molar-refractivity contribution in [2.24, 2.45) is 0 Å². The van der Waals surface area contributed by atoms with Crippen LogP contribution in [0.1, 0.15) is 37.6 Å². The number of fused-ring (bicyclic) bond motifs is 1. The molecule has 1 aromatic heterocycles. The summed E-state index contributed by atoms with van der Waals surface area (Å²) in [4.78, 5) is 29.3. The van der Waals surface area contributed by atoms with Gasteiger partial charge in [-0.2, -0.15) is 0 Å². The topological polar surface area (TPSA) is 68.3 Å². The molecule has 0 spiro atoms. The number of methoxy groups -OCH3 is 1. The molecule has 1 N–H and O–H groups in total. The van der Waals surface area contributed by atoms with Crippen molar-refractivity contribution in [1.29, 1.82) is 0 Å². The third-order valence-electron chi connectivity index (χ3n) is 5.25. The van der Waals surface area contributed by atoms with Gasteiger partial charge >= 0.3 is 5.97 Å². The number of hydrogen-bond acceptors (Lipinski definition) is 4. The van der Waals surface area contributed by atoms with Gasteiger partial charge in [-0.25, -0.2) is 4.79 Å². The fourth-order valence-electron chi connectivity index (χ4n) is 2.42. The highest BCUT2D eigenvalue weighted by Gasteiger charge is 2.33. The summed E-state index contributed by atoms with van der Waals surface area (Å²) in [5, 5.41) is 3.75. The summed E-state index contributed by atoms with van der Waals surface area (Å²) in [6.07, 6.45) is 1.85. The van der Waals surface area contributed by atoms with E-state index in [1.54, 1.807) is 18.3 Å². The number of ether oxygens (including phenoxy) is 1. The minimum Gasteiger partial charge on any atom is -0.467 e. The molecule has 0 aliphatic heterocycles. The van der Waals surface area contributed by atoms with Gasteiger partial charge in [0.2, 0.25) is 0 Å². The third-order valence-corrected chi connectivity index (χ3v) is 9.80. The van der Waals surface area contributed by atoms with Crippen LogP contribution in [0.4, 0.5) is 0 Å². The summed E-state index contributed by atoms with van der Waals surface area (Å²) in [7, 11) is -0.485. The molecule has 2 aromatic rings. The number of amides is 1. The molecule has 0 bridgehead atoms. The van der Waals surface area contributed by atoms with Gasteiger partial charge in [-0.3, -0.25) is 9.78 Å². The molecule has 28 heavy (non-hydrogen) atoms. The van der Waals surface area contributed by atoms with Crippen LogP contribution in [0.3, 0.4) is 0 Å². The smallest absolute Gasteiger partial charge is 0.329 e. The molecular formula is C22H28N2O3Si. The number of carbonyl (C=O) groups is 2. The van der Waals surface area contributed by atoms with Gasteiger partial charge in [0.15, 0.2) is 0 Å². The van der Waals surface area contributed by atoms with Crippen LogP contribution in [0, 0.1) is 11.5 Å². The van der Waals surface area contributed by atoms with Crippen LogP contribution in [0.5, 0.6) is 0 Å². The molecule has 0 saturated heterocycles. The molecule has 6 heteroatoms. The van der Waals surface area contributed by atoms with E-state index in [1.165, 1.54) is 7.11 Å². The summed E-state index contributed by atoms with van der Waals surface area (Å²) in [5.41, 5.74) is 4.39. The van der Waals surface area contributed by atoms with Crippen molar-refractivity contribution in [3.8, 4) is 11.5 Å². The SMILES string of the molecule is COC(=O)[C@@H](CC#C[Si](C)(C)C(C)(C)C)NC(=O)c1cccc2cccnc12. The van der Waals surface area contributed by atoms with Gasteiger partial charge in [0.05, 0.1) is 18.2 Å². The van der Waals surface area contributed by atoms with Gasteiger partial charge in [-0.05, 0) is 17.2 Å². The lowest BCUT2D eigenvalue weighted by atomic mass is 10.1. The first-order valence-corrected chi connectivity index (χ1v) is 12.3. The molecule has 1 amide bonds. The third kappa shape index (κ3) is 4.99. The number of aromatic nitrogens is 1. The Kier molecular flexibility index (Phi) is 6.63. The quantitative estimate of drug-likeness (QED) is 0.483. The molecule has 0 unspecified atom stereocenters. The van der Waals surface area contributed by atoms with E-state index in [0.29, 0.717) is 11.1 Å². The summed E-state index contributed by atoms with van der Waals surface area (Å²) in [5.74, 6) is 2.25. The summed E-state index contributed by atoms with van der Waals surface area (Å²) >= 11 is 0. The number of rotatable bonds is 4. The molecule has 0 radical (unpaired) electrons. The first kappa shape index (κ1) is 21.6. The molecule has 1 heterocycles. The first-order valence-electron chi connectivity index (χ1n) is 9.29. The maximum Gasteiger partial charge on any atom is 0.329 e. The van der Waals surface area contributed by atoms with Crippen LogP contribution in [0.25, 0.3) is 10.9 Å². The molecule has 5 nitrogen and oxygen atoms in total. The largest absolute Gasteiger partial charge is 0.467 e. The van der Waals surface area contributed by atoms with Crippen LogP contribution >= 0.6 is 0 Å². The molecule has 0 aliphatic rings. The Bertz CT molecular complexity index is 931. The van der Waals surface area contributed by atoms with Gasteiger partial charge in [0.25, 0.3) is 5.91 Å². The number of esters is 1. The van der Waals surface area contributed by atoms with Crippen LogP contribution in [0.15, 0.2) is 36.5 Å². The van der Waals surface area contributed by atoms with E-state index in [0.717, 1.165) is 5.39 Å². The predicted octanol–water partition coefficient (Wildman–Crippen LogP) is 3.95. The van der Waals surface area contributed by atoms with Gasteiger partial charge in [-0.1, -0.05) is 52.1 Å². The number of hydrogen-bond donors (Lipinski definition) is 1. The Balaban J connectivity index is 2.23. The maximum absolute atomic E-state index is 12.8. The minimum absolute atomic E-state index is 0.124. The van der Waals surface area contributed by atoms with E-state index in [9.17, 15) is 9.59 Å². The van der Waals surface area contributed by atoms with Gasteiger partial charge in [0, 0.05) is 18.0 Å². The first-order chi connectivity index (χ1) is 13.1. The second-order valence-corrected chi connectivity index (χ2v) is 13.3. The lowest BCUT2D eigenvalue weighted by Gasteiger charge is -2.31. The molecule has 0 saturated carbocycles. The standard InChI is InChI=1S/C22H28N2O3Si/c1-22(2,3)28(5,6)15-9-13-18(21(26)27-4)24-20(25)17-12-7-10-16-11-8-14-23-19(16)17/h7-8,10-12,14,18H,13H2,1-6H3,(H,24,25)/t18-/m1/s1. The van der Waals surface area contributed by atoms with E-state index in [2.05, 4.69) is 55.6 Å². The number of benzene rings is 1. The number of para-hydroxylation sites is 1. The number of nitrogens with one attached hydrogen (secondary N) is 1. The van der Waals surface area contributed by atoms with Crippen molar-refractivity contribution in [1.82, 2.24) is 10.3 Å². The Morgan fingerprint density at radius 1 is 1.21 bits per heavy atom. The van der Waals surface area contributed by atoms with Crippen molar-refractivity contribution in [2.45, 2.75) is 51.4 Å². The number of pyridine rings is 1. The van der Waals surface area contributed by atoms with Crippen molar-refractivity contribution >= 4 is 30.9 Å².